The number of furan rings is 1. The van der Waals surface area contributed by atoms with Gasteiger partial charge in [0.1, 0.15) is 17.1 Å². The Kier molecular flexibility index (Phi) is 6.53. The minimum Gasteiger partial charge on any atom is -0.496 e. The standard InChI is InChI=1S/C22H29N3O4S/c1-15(18-4-3-11-29-18)23-22(27)21-17-5-8-24(16-6-12-30-13-7-16)9-10-25(17)20(26)14-19(21)28-2/h3-4,11,14-16H,5-10,12-13H2,1-2H3,(H,23,27). The first kappa shape index (κ1) is 21.1. The molecule has 2 aromatic rings. The summed E-state index contributed by atoms with van der Waals surface area (Å²) < 4.78 is 12.6. The Morgan fingerprint density at radius 1 is 1.30 bits per heavy atom. The maximum absolute atomic E-state index is 13.2. The van der Waals surface area contributed by atoms with Gasteiger partial charge in [-0.2, -0.15) is 11.8 Å². The van der Waals surface area contributed by atoms with Gasteiger partial charge in [0, 0.05) is 43.9 Å². The zero-order chi connectivity index (χ0) is 21.1. The third kappa shape index (κ3) is 4.30. The van der Waals surface area contributed by atoms with Crippen molar-refractivity contribution in [2.45, 2.75) is 44.8 Å². The molecule has 2 aromatic heterocycles. The number of methoxy groups -OCH3 is 1. The number of hydrogen-bond donors (Lipinski definition) is 1. The number of nitrogens with one attached hydrogen (secondary N) is 1. The second-order valence-electron chi connectivity index (χ2n) is 7.86. The van der Waals surface area contributed by atoms with Gasteiger partial charge in [-0.05, 0) is 43.4 Å². The number of carbonyl (C=O) groups excluding carboxylic acids is 1. The number of aromatic nitrogens is 1. The molecule has 8 heteroatoms. The number of nitrogens with zero attached hydrogens (tertiary/aromatic N) is 2. The van der Waals surface area contributed by atoms with E-state index in [4.69, 9.17) is 9.15 Å². The molecule has 0 spiro atoms. The molecular formula is C22H29N3O4S. The number of carbonyl (C=O) groups is 1. The molecule has 1 unspecified atom stereocenters. The van der Waals surface area contributed by atoms with Gasteiger partial charge in [-0.3, -0.25) is 14.5 Å². The van der Waals surface area contributed by atoms with Crippen LogP contribution in [0, 0.1) is 0 Å². The number of pyridine rings is 1. The minimum absolute atomic E-state index is 0.112. The van der Waals surface area contributed by atoms with Crippen molar-refractivity contribution < 1.29 is 13.9 Å². The lowest BCUT2D eigenvalue weighted by Gasteiger charge is -2.32. The summed E-state index contributed by atoms with van der Waals surface area (Å²) in [5.41, 5.74) is 1.10. The normalized spacial score (nSPS) is 19.0. The average molecular weight is 432 g/mol. The van der Waals surface area contributed by atoms with Crippen LogP contribution >= 0.6 is 11.8 Å². The van der Waals surface area contributed by atoms with Crippen LogP contribution in [0.5, 0.6) is 5.75 Å². The van der Waals surface area contributed by atoms with Gasteiger partial charge in [0.05, 0.1) is 19.4 Å². The van der Waals surface area contributed by atoms with Gasteiger partial charge in [0.15, 0.2) is 0 Å². The Morgan fingerprint density at radius 3 is 2.80 bits per heavy atom. The lowest BCUT2D eigenvalue weighted by molar-refractivity contribution is 0.0930. The SMILES string of the molecule is COc1cc(=O)n2c(c1C(=O)NC(C)c1ccco1)CCN(C1CCSCC1)CC2. The third-order valence-electron chi connectivity index (χ3n) is 6.10. The summed E-state index contributed by atoms with van der Waals surface area (Å²) in [7, 11) is 1.50. The highest BCUT2D eigenvalue weighted by molar-refractivity contribution is 7.99. The Labute approximate surface area is 180 Å². The fraction of sp³-hybridized carbons (Fsp3) is 0.545. The van der Waals surface area contributed by atoms with Crippen molar-refractivity contribution in [3.63, 3.8) is 0 Å². The minimum atomic E-state index is -0.285. The molecule has 2 aliphatic heterocycles. The van der Waals surface area contributed by atoms with Crippen LogP contribution in [0.3, 0.4) is 0 Å². The quantitative estimate of drug-likeness (QED) is 0.785. The molecule has 162 valence electrons. The highest BCUT2D eigenvalue weighted by Gasteiger charge is 2.29. The van der Waals surface area contributed by atoms with Gasteiger partial charge in [-0.15, -0.1) is 0 Å². The van der Waals surface area contributed by atoms with Crippen molar-refractivity contribution in [2.24, 2.45) is 0 Å². The van der Waals surface area contributed by atoms with Crippen LogP contribution < -0.4 is 15.6 Å². The van der Waals surface area contributed by atoms with E-state index in [-0.39, 0.29) is 17.5 Å². The smallest absolute Gasteiger partial charge is 0.257 e. The van der Waals surface area contributed by atoms with Crippen molar-refractivity contribution in [1.82, 2.24) is 14.8 Å². The van der Waals surface area contributed by atoms with Crippen LogP contribution in [-0.4, -0.2) is 53.1 Å². The number of fused-ring (bicyclic) bond motifs is 1. The average Bonchev–Trinajstić information content (AvgIpc) is 3.21. The monoisotopic (exact) mass is 431 g/mol. The molecule has 0 aliphatic carbocycles. The Balaban J connectivity index is 1.62. The van der Waals surface area contributed by atoms with Crippen LogP contribution in [-0.2, 0) is 13.0 Å². The van der Waals surface area contributed by atoms with Gasteiger partial charge in [0.2, 0.25) is 0 Å². The van der Waals surface area contributed by atoms with E-state index < -0.39 is 0 Å². The summed E-state index contributed by atoms with van der Waals surface area (Å²) in [4.78, 5) is 28.5. The predicted molar refractivity (Wildman–Crippen MR) is 117 cm³/mol. The summed E-state index contributed by atoms with van der Waals surface area (Å²) in [5, 5.41) is 2.99. The molecule has 0 saturated carbocycles. The topological polar surface area (TPSA) is 76.7 Å². The van der Waals surface area contributed by atoms with Crippen LogP contribution in [0.15, 0.2) is 33.7 Å². The van der Waals surface area contributed by atoms with E-state index in [1.54, 1.807) is 16.9 Å². The summed E-state index contributed by atoms with van der Waals surface area (Å²) in [6.45, 7) is 4.14. The van der Waals surface area contributed by atoms with E-state index in [9.17, 15) is 9.59 Å². The first-order valence-electron chi connectivity index (χ1n) is 10.5. The van der Waals surface area contributed by atoms with Crippen LogP contribution in [0.4, 0.5) is 0 Å². The second-order valence-corrected chi connectivity index (χ2v) is 9.09. The zero-order valence-corrected chi connectivity index (χ0v) is 18.4. The van der Waals surface area contributed by atoms with Crippen molar-refractivity contribution in [1.29, 1.82) is 0 Å². The fourth-order valence-electron chi connectivity index (χ4n) is 4.46. The van der Waals surface area contributed by atoms with Gasteiger partial charge in [-0.1, -0.05) is 0 Å². The van der Waals surface area contributed by atoms with Crippen molar-refractivity contribution in [2.75, 3.05) is 31.7 Å². The summed E-state index contributed by atoms with van der Waals surface area (Å²) in [5.74, 6) is 3.16. The number of hydrogen-bond acceptors (Lipinski definition) is 6. The van der Waals surface area contributed by atoms with Gasteiger partial charge >= 0.3 is 0 Å². The molecule has 1 fully saturated rings. The molecule has 0 radical (unpaired) electrons. The van der Waals surface area contributed by atoms with E-state index in [1.165, 1.54) is 37.5 Å². The number of thioether (sulfide) groups is 1. The van der Waals surface area contributed by atoms with E-state index >= 15 is 0 Å². The zero-order valence-electron chi connectivity index (χ0n) is 17.6. The first-order chi connectivity index (χ1) is 14.6. The lowest BCUT2D eigenvalue weighted by atomic mass is 10.1. The Morgan fingerprint density at radius 2 is 2.10 bits per heavy atom. The summed E-state index contributed by atoms with van der Waals surface area (Å²) >= 11 is 2.01. The van der Waals surface area contributed by atoms with Gasteiger partial charge in [0.25, 0.3) is 11.5 Å². The highest BCUT2D eigenvalue weighted by Crippen LogP contribution is 2.27. The molecule has 1 N–H and O–H groups in total. The summed E-state index contributed by atoms with van der Waals surface area (Å²) in [6, 6.07) is 5.34. The number of amides is 1. The highest BCUT2D eigenvalue weighted by atomic mass is 32.2. The second kappa shape index (κ2) is 9.31. The molecule has 1 atom stereocenters. The van der Waals surface area contributed by atoms with E-state index in [1.807, 2.05) is 24.8 Å². The fourth-order valence-corrected chi connectivity index (χ4v) is 5.55. The van der Waals surface area contributed by atoms with Crippen LogP contribution in [0.25, 0.3) is 0 Å². The van der Waals surface area contributed by atoms with E-state index in [0.717, 1.165) is 18.8 Å². The van der Waals surface area contributed by atoms with Crippen LogP contribution in [0.2, 0.25) is 0 Å². The van der Waals surface area contributed by atoms with Crippen molar-refractivity contribution in [3.8, 4) is 5.75 Å². The Hall–Kier alpha value is -2.19. The molecular weight excluding hydrogens is 402 g/mol. The predicted octanol–water partition coefficient (Wildman–Crippen LogP) is 2.69. The lowest BCUT2D eigenvalue weighted by Crippen LogP contribution is -2.40. The maximum Gasteiger partial charge on any atom is 0.257 e. The Bertz CT molecular complexity index is 935. The molecule has 4 heterocycles. The van der Waals surface area contributed by atoms with E-state index in [2.05, 4.69) is 10.2 Å². The molecule has 2 aliphatic rings. The molecule has 0 bridgehead atoms. The molecule has 7 nitrogen and oxygen atoms in total. The molecule has 30 heavy (non-hydrogen) atoms. The van der Waals surface area contributed by atoms with Gasteiger partial charge in [-0.25, -0.2) is 0 Å². The summed E-state index contributed by atoms with van der Waals surface area (Å²) in [6.07, 6.45) is 4.61. The molecule has 1 saturated heterocycles. The third-order valence-corrected chi connectivity index (χ3v) is 7.15. The first-order valence-corrected chi connectivity index (χ1v) is 11.7. The van der Waals surface area contributed by atoms with Crippen molar-refractivity contribution in [3.05, 3.63) is 51.8 Å². The largest absolute Gasteiger partial charge is 0.496 e. The molecule has 0 aromatic carbocycles. The van der Waals surface area contributed by atoms with Gasteiger partial charge < -0.3 is 19.0 Å². The van der Waals surface area contributed by atoms with E-state index in [0.29, 0.717) is 36.1 Å². The van der Waals surface area contributed by atoms with Crippen LogP contribution in [0.1, 0.15) is 47.6 Å². The molecule has 1 amide bonds. The van der Waals surface area contributed by atoms with Crippen molar-refractivity contribution >= 4 is 17.7 Å². The maximum atomic E-state index is 13.2. The molecule has 4 rings (SSSR count). The number of ether oxygens (including phenoxy) is 1. The number of rotatable bonds is 5.